The van der Waals surface area contributed by atoms with Crippen molar-refractivity contribution in [3.05, 3.63) is 16.1 Å². The molecule has 1 saturated carbocycles. The first-order valence-corrected chi connectivity index (χ1v) is 6.75. The van der Waals surface area contributed by atoms with Crippen LogP contribution in [0.3, 0.4) is 0 Å². The lowest BCUT2D eigenvalue weighted by Gasteiger charge is -2.09. The average molecular weight is 224 g/mol. The van der Waals surface area contributed by atoms with Gasteiger partial charge in [0.15, 0.2) is 0 Å². The standard InChI is InChI=1S/C12H20N2S/c1-9(2)11-7-14-12(15-11)8-13-10-5-3-4-6-10/h7,9-10,13H,3-6,8H2,1-2H3. The third-order valence-electron chi connectivity index (χ3n) is 3.04. The molecule has 0 unspecified atom stereocenters. The Kier molecular flexibility index (Phi) is 3.76. The number of thiazole rings is 1. The van der Waals surface area contributed by atoms with Gasteiger partial charge in [-0.3, -0.25) is 0 Å². The molecular formula is C12H20N2S. The molecule has 84 valence electrons. The maximum Gasteiger partial charge on any atom is 0.107 e. The van der Waals surface area contributed by atoms with Crippen LogP contribution in [0.25, 0.3) is 0 Å². The van der Waals surface area contributed by atoms with Gasteiger partial charge in [0.2, 0.25) is 0 Å². The summed E-state index contributed by atoms with van der Waals surface area (Å²) in [5, 5.41) is 4.84. The van der Waals surface area contributed by atoms with E-state index in [1.807, 2.05) is 17.5 Å². The number of rotatable bonds is 4. The Bertz CT molecular complexity index is 300. The molecule has 3 heteroatoms. The van der Waals surface area contributed by atoms with E-state index in [4.69, 9.17) is 0 Å². The fraction of sp³-hybridized carbons (Fsp3) is 0.750. The lowest BCUT2D eigenvalue weighted by atomic mass is 10.2. The van der Waals surface area contributed by atoms with Crippen molar-refractivity contribution in [2.24, 2.45) is 0 Å². The number of nitrogens with zero attached hydrogens (tertiary/aromatic N) is 1. The Balaban J connectivity index is 1.82. The third-order valence-corrected chi connectivity index (χ3v) is 4.34. The Hall–Kier alpha value is -0.410. The minimum Gasteiger partial charge on any atom is -0.308 e. The molecule has 0 radical (unpaired) electrons. The first kappa shape index (κ1) is 11.1. The molecule has 1 heterocycles. The van der Waals surface area contributed by atoms with Crippen molar-refractivity contribution in [3.63, 3.8) is 0 Å². The lowest BCUT2D eigenvalue weighted by Crippen LogP contribution is -2.25. The molecule has 1 N–H and O–H groups in total. The van der Waals surface area contributed by atoms with Gasteiger partial charge in [-0.1, -0.05) is 26.7 Å². The molecule has 15 heavy (non-hydrogen) atoms. The molecule has 0 bridgehead atoms. The molecule has 0 amide bonds. The zero-order chi connectivity index (χ0) is 10.7. The SMILES string of the molecule is CC(C)c1cnc(CNC2CCCC2)s1. The molecule has 0 saturated heterocycles. The zero-order valence-corrected chi connectivity index (χ0v) is 10.4. The van der Waals surface area contributed by atoms with E-state index < -0.39 is 0 Å². The van der Waals surface area contributed by atoms with Gasteiger partial charge in [-0.25, -0.2) is 4.98 Å². The van der Waals surface area contributed by atoms with Gasteiger partial charge in [-0.15, -0.1) is 11.3 Å². The second-order valence-corrected chi connectivity index (χ2v) is 5.82. The van der Waals surface area contributed by atoms with E-state index >= 15 is 0 Å². The largest absolute Gasteiger partial charge is 0.308 e. The molecule has 2 rings (SSSR count). The molecule has 1 aliphatic carbocycles. The maximum atomic E-state index is 4.45. The van der Waals surface area contributed by atoms with E-state index in [2.05, 4.69) is 24.1 Å². The van der Waals surface area contributed by atoms with Gasteiger partial charge in [0.05, 0.1) is 0 Å². The Morgan fingerprint density at radius 1 is 1.47 bits per heavy atom. The third kappa shape index (κ3) is 3.02. The number of hydrogen-bond donors (Lipinski definition) is 1. The number of hydrogen-bond acceptors (Lipinski definition) is 3. The fourth-order valence-corrected chi connectivity index (χ4v) is 2.91. The molecule has 2 nitrogen and oxygen atoms in total. The van der Waals surface area contributed by atoms with Crippen LogP contribution < -0.4 is 5.32 Å². The van der Waals surface area contributed by atoms with Crippen molar-refractivity contribution in [1.29, 1.82) is 0 Å². The van der Waals surface area contributed by atoms with Gasteiger partial charge in [-0.05, 0) is 18.8 Å². The number of nitrogens with one attached hydrogen (secondary N) is 1. The summed E-state index contributed by atoms with van der Waals surface area (Å²) >= 11 is 1.85. The van der Waals surface area contributed by atoms with Gasteiger partial charge in [-0.2, -0.15) is 0 Å². The average Bonchev–Trinajstić information content (AvgIpc) is 2.86. The van der Waals surface area contributed by atoms with E-state index in [9.17, 15) is 0 Å². The number of aromatic nitrogens is 1. The lowest BCUT2D eigenvalue weighted by molar-refractivity contribution is 0.523. The molecule has 1 aromatic rings. The summed E-state index contributed by atoms with van der Waals surface area (Å²) in [7, 11) is 0. The van der Waals surface area contributed by atoms with Gasteiger partial charge < -0.3 is 5.32 Å². The fourth-order valence-electron chi connectivity index (χ4n) is 2.03. The topological polar surface area (TPSA) is 24.9 Å². The maximum absolute atomic E-state index is 4.45. The molecule has 0 atom stereocenters. The summed E-state index contributed by atoms with van der Waals surface area (Å²) in [4.78, 5) is 5.86. The summed E-state index contributed by atoms with van der Waals surface area (Å²) in [6.07, 6.45) is 7.52. The van der Waals surface area contributed by atoms with Crippen LogP contribution in [-0.2, 0) is 6.54 Å². The highest BCUT2D eigenvalue weighted by Gasteiger charge is 2.14. The van der Waals surface area contributed by atoms with Crippen LogP contribution in [0, 0.1) is 0 Å². The van der Waals surface area contributed by atoms with Crippen LogP contribution in [0.15, 0.2) is 6.20 Å². The van der Waals surface area contributed by atoms with Crippen LogP contribution >= 0.6 is 11.3 Å². The van der Waals surface area contributed by atoms with Crippen LogP contribution in [0.2, 0.25) is 0 Å². The first-order valence-electron chi connectivity index (χ1n) is 5.93. The zero-order valence-electron chi connectivity index (χ0n) is 9.62. The smallest absolute Gasteiger partial charge is 0.107 e. The van der Waals surface area contributed by atoms with E-state index in [1.54, 1.807) is 0 Å². The highest BCUT2D eigenvalue weighted by atomic mass is 32.1. The quantitative estimate of drug-likeness (QED) is 0.849. The minimum atomic E-state index is 0.614. The van der Waals surface area contributed by atoms with Crippen molar-refractivity contribution in [1.82, 2.24) is 10.3 Å². The molecule has 0 aliphatic heterocycles. The van der Waals surface area contributed by atoms with Crippen molar-refractivity contribution in [3.8, 4) is 0 Å². The van der Waals surface area contributed by atoms with E-state index in [-0.39, 0.29) is 0 Å². The molecular weight excluding hydrogens is 204 g/mol. The van der Waals surface area contributed by atoms with Crippen LogP contribution in [0.4, 0.5) is 0 Å². The Morgan fingerprint density at radius 2 is 2.20 bits per heavy atom. The van der Waals surface area contributed by atoms with Crippen LogP contribution in [0.5, 0.6) is 0 Å². The van der Waals surface area contributed by atoms with Crippen LogP contribution in [-0.4, -0.2) is 11.0 Å². The molecule has 1 aromatic heterocycles. The Labute approximate surface area is 96.1 Å². The summed E-state index contributed by atoms with van der Waals surface area (Å²) < 4.78 is 0. The summed E-state index contributed by atoms with van der Waals surface area (Å²) in [5.41, 5.74) is 0. The second kappa shape index (κ2) is 5.08. The van der Waals surface area contributed by atoms with Crippen molar-refractivity contribution in [2.45, 2.75) is 58.0 Å². The highest BCUT2D eigenvalue weighted by molar-refractivity contribution is 7.11. The molecule has 0 spiro atoms. The van der Waals surface area contributed by atoms with E-state index in [0.717, 1.165) is 12.6 Å². The normalized spacial score (nSPS) is 17.8. The van der Waals surface area contributed by atoms with Crippen molar-refractivity contribution >= 4 is 11.3 Å². The van der Waals surface area contributed by atoms with Crippen molar-refractivity contribution < 1.29 is 0 Å². The highest BCUT2D eigenvalue weighted by Crippen LogP contribution is 2.23. The van der Waals surface area contributed by atoms with E-state index in [0.29, 0.717) is 5.92 Å². The van der Waals surface area contributed by atoms with Gasteiger partial charge >= 0.3 is 0 Å². The molecule has 0 aromatic carbocycles. The summed E-state index contributed by atoms with van der Waals surface area (Å²) in [5.74, 6) is 0.614. The van der Waals surface area contributed by atoms with Gasteiger partial charge in [0, 0.05) is 23.7 Å². The predicted molar refractivity (Wildman–Crippen MR) is 65.3 cm³/mol. The Morgan fingerprint density at radius 3 is 2.80 bits per heavy atom. The molecule has 1 fully saturated rings. The van der Waals surface area contributed by atoms with Gasteiger partial charge in [0.25, 0.3) is 0 Å². The summed E-state index contributed by atoms with van der Waals surface area (Å²) in [6, 6.07) is 0.747. The molecule has 1 aliphatic rings. The van der Waals surface area contributed by atoms with Gasteiger partial charge in [0.1, 0.15) is 5.01 Å². The van der Waals surface area contributed by atoms with E-state index in [1.165, 1.54) is 35.6 Å². The first-order chi connectivity index (χ1) is 7.25. The summed E-state index contributed by atoms with van der Waals surface area (Å²) in [6.45, 7) is 5.41. The monoisotopic (exact) mass is 224 g/mol. The van der Waals surface area contributed by atoms with Crippen LogP contribution in [0.1, 0.15) is 55.3 Å². The minimum absolute atomic E-state index is 0.614. The second-order valence-electron chi connectivity index (χ2n) is 4.67. The predicted octanol–water partition coefficient (Wildman–Crippen LogP) is 3.30. The van der Waals surface area contributed by atoms with Crippen molar-refractivity contribution in [2.75, 3.05) is 0 Å².